The summed E-state index contributed by atoms with van der Waals surface area (Å²) in [5.41, 5.74) is 1.89. The third kappa shape index (κ3) is 5.25. The van der Waals surface area contributed by atoms with Crippen molar-refractivity contribution in [3.63, 3.8) is 0 Å². The predicted octanol–water partition coefficient (Wildman–Crippen LogP) is 4.39. The second-order valence-electron chi connectivity index (χ2n) is 7.15. The van der Waals surface area contributed by atoms with Gasteiger partial charge in [0.15, 0.2) is 0 Å². The van der Waals surface area contributed by atoms with Crippen LogP contribution in [0.25, 0.3) is 0 Å². The van der Waals surface area contributed by atoms with Gasteiger partial charge in [0.1, 0.15) is 0 Å². The van der Waals surface area contributed by atoms with E-state index in [9.17, 15) is 0 Å². The fraction of sp³-hybridized carbons (Fsp3) is 0.875. The van der Waals surface area contributed by atoms with E-state index in [0.717, 1.165) is 11.8 Å². The molecule has 1 heteroatoms. The van der Waals surface area contributed by atoms with E-state index in [1.54, 1.807) is 0 Å². The lowest BCUT2D eigenvalue weighted by Gasteiger charge is -2.41. The topological polar surface area (TPSA) is 12.0 Å². The maximum Gasteiger partial charge on any atom is 0.00104 e. The molecule has 1 rings (SSSR count). The van der Waals surface area contributed by atoms with Gasteiger partial charge in [-0.05, 0) is 56.4 Å². The molecule has 1 N–H and O–H groups in total. The maximum atomic E-state index is 4.11. The molecule has 0 aromatic rings. The lowest BCUT2D eigenvalue weighted by atomic mass is 9.65. The Balaban J connectivity index is 2.57. The third-order valence-corrected chi connectivity index (χ3v) is 4.07. The Kier molecular flexibility index (Phi) is 5.24. The molecule has 1 fully saturated rings. The summed E-state index contributed by atoms with van der Waals surface area (Å²) in [4.78, 5) is 0. The molecule has 0 spiro atoms. The summed E-state index contributed by atoms with van der Waals surface area (Å²) in [5.74, 6) is 1.68. The highest BCUT2D eigenvalue weighted by Crippen LogP contribution is 2.43. The van der Waals surface area contributed by atoms with E-state index in [0.29, 0.717) is 11.5 Å². The maximum absolute atomic E-state index is 4.11. The van der Waals surface area contributed by atoms with Crippen molar-refractivity contribution >= 4 is 0 Å². The zero-order valence-electron chi connectivity index (χ0n) is 12.5. The lowest BCUT2D eigenvalue weighted by molar-refractivity contribution is 0.114. The Morgan fingerprint density at radius 1 is 1.35 bits per heavy atom. The predicted molar refractivity (Wildman–Crippen MR) is 77.2 cm³/mol. The fourth-order valence-electron chi connectivity index (χ4n) is 3.13. The highest BCUT2D eigenvalue weighted by Gasteiger charge is 2.34. The van der Waals surface area contributed by atoms with Gasteiger partial charge in [-0.15, -0.1) is 6.58 Å². The highest BCUT2D eigenvalue weighted by molar-refractivity contribution is 4.96. The normalized spacial score (nSPS) is 28.4. The van der Waals surface area contributed by atoms with Crippen LogP contribution in [0.4, 0.5) is 0 Å². The van der Waals surface area contributed by atoms with Crippen LogP contribution in [0.1, 0.15) is 60.3 Å². The minimum atomic E-state index is 0.536. The number of hydrogen-bond acceptors (Lipinski definition) is 1. The van der Waals surface area contributed by atoms with Crippen molar-refractivity contribution in [1.29, 1.82) is 0 Å². The monoisotopic (exact) mass is 237 g/mol. The van der Waals surface area contributed by atoms with Gasteiger partial charge in [0.25, 0.3) is 0 Å². The van der Waals surface area contributed by atoms with E-state index in [4.69, 9.17) is 0 Å². The SMILES string of the molecule is C=C(C)CC1CC(C)(C)CCC1CNC(C)C. The van der Waals surface area contributed by atoms with Crippen molar-refractivity contribution in [2.45, 2.75) is 66.3 Å². The Bertz CT molecular complexity index is 250. The number of nitrogens with one attached hydrogen (secondary N) is 1. The van der Waals surface area contributed by atoms with Crippen molar-refractivity contribution in [3.8, 4) is 0 Å². The molecule has 2 unspecified atom stereocenters. The molecule has 0 aromatic heterocycles. The van der Waals surface area contributed by atoms with Crippen LogP contribution < -0.4 is 5.32 Å². The zero-order valence-corrected chi connectivity index (χ0v) is 12.5. The van der Waals surface area contributed by atoms with Crippen LogP contribution in [0.2, 0.25) is 0 Å². The van der Waals surface area contributed by atoms with E-state index in [1.165, 1.54) is 37.8 Å². The van der Waals surface area contributed by atoms with Crippen LogP contribution in [-0.2, 0) is 0 Å². The molecule has 0 amide bonds. The standard InChI is InChI=1S/C16H31N/c1-12(2)9-15-10-16(5,6)8-7-14(15)11-17-13(3)4/h13-15,17H,1,7-11H2,2-6H3. The van der Waals surface area contributed by atoms with E-state index >= 15 is 0 Å². The molecule has 0 bridgehead atoms. The van der Waals surface area contributed by atoms with Gasteiger partial charge in [-0.1, -0.05) is 33.3 Å². The molecule has 1 aliphatic rings. The fourth-order valence-corrected chi connectivity index (χ4v) is 3.13. The molecular formula is C16H31N. The molecule has 17 heavy (non-hydrogen) atoms. The van der Waals surface area contributed by atoms with Gasteiger partial charge in [0.05, 0.1) is 0 Å². The van der Waals surface area contributed by atoms with E-state index in [-0.39, 0.29) is 0 Å². The molecule has 100 valence electrons. The van der Waals surface area contributed by atoms with Gasteiger partial charge in [0, 0.05) is 6.04 Å². The van der Waals surface area contributed by atoms with Crippen molar-refractivity contribution in [3.05, 3.63) is 12.2 Å². The molecule has 0 saturated heterocycles. The number of allylic oxidation sites excluding steroid dienone is 1. The first-order valence-corrected chi connectivity index (χ1v) is 7.18. The molecule has 2 atom stereocenters. The summed E-state index contributed by atoms with van der Waals surface area (Å²) >= 11 is 0. The van der Waals surface area contributed by atoms with Gasteiger partial charge in [-0.3, -0.25) is 0 Å². The van der Waals surface area contributed by atoms with Crippen LogP contribution in [0, 0.1) is 17.3 Å². The molecule has 0 radical (unpaired) electrons. The Morgan fingerprint density at radius 3 is 2.53 bits per heavy atom. The lowest BCUT2D eigenvalue weighted by Crippen LogP contribution is -2.38. The van der Waals surface area contributed by atoms with Gasteiger partial charge >= 0.3 is 0 Å². The van der Waals surface area contributed by atoms with Crippen LogP contribution in [-0.4, -0.2) is 12.6 Å². The Labute approximate surface area is 108 Å². The smallest absolute Gasteiger partial charge is 0.00104 e. The average Bonchev–Trinajstić information content (AvgIpc) is 2.14. The summed E-state index contributed by atoms with van der Waals surface area (Å²) < 4.78 is 0. The number of hydrogen-bond donors (Lipinski definition) is 1. The zero-order chi connectivity index (χ0) is 13.1. The van der Waals surface area contributed by atoms with Gasteiger partial charge in [-0.2, -0.15) is 0 Å². The molecule has 1 saturated carbocycles. The molecule has 0 aromatic carbocycles. The molecule has 1 nitrogen and oxygen atoms in total. The van der Waals surface area contributed by atoms with E-state index in [2.05, 4.69) is 46.5 Å². The molecule has 1 aliphatic carbocycles. The van der Waals surface area contributed by atoms with Gasteiger partial charge in [0.2, 0.25) is 0 Å². The highest BCUT2D eigenvalue weighted by atomic mass is 14.9. The minimum absolute atomic E-state index is 0.536. The quantitative estimate of drug-likeness (QED) is 0.699. The van der Waals surface area contributed by atoms with Crippen LogP contribution in [0.15, 0.2) is 12.2 Å². The van der Waals surface area contributed by atoms with Crippen LogP contribution in [0.3, 0.4) is 0 Å². The van der Waals surface area contributed by atoms with Crippen LogP contribution >= 0.6 is 0 Å². The molecule has 0 heterocycles. The first-order chi connectivity index (χ1) is 7.80. The Hall–Kier alpha value is -0.300. The summed E-state index contributed by atoms with van der Waals surface area (Å²) in [7, 11) is 0. The summed E-state index contributed by atoms with van der Waals surface area (Å²) in [6, 6.07) is 0.607. The third-order valence-electron chi connectivity index (χ3n) is 4.07. The minimum Gasteiger partial charge on any atom is -0.314 e. The largest absolute Gasteiger partial charge is 0.314 e. The van der Waals surface area contributed by atoms with Gasteiger partial charge in [-0.25, -0.2) is 0 Å². The van der Waals surface area contributed by atoms with Crippen molar-refractivity contribution < 1.29 is 0 Å². The van der Waals surface area contributed by atoms with Crippen molar-refractivity contribution in [2.24, 2.45) is 17.3 Å². The summed E-state index contributed by atoms with van der Waals surface area (Å²) in [5, 5.41) is 3.62. The Morgan fingerprint density at radius 2 is 2.00 bits per heavy atom. The van der Waals surface area contributed by atoms with Gasteiger partial charge < -0.3 is 5.32 Å². The van der Waals surface area contributed by atoms with E-state index in [1.807, 2.05) is 0 Å². The second-order valence-corrected chi connectivity index (χ2v) is 7.15. The average molecular weight is 237 g/mol. The summed E-state index contributed by atoms with van der Waals surface area (Å²) in [6.07, 6.45) is 5.34. The molecular weight excluding hydrogens is 206 g/mol. The molecule has 0 aliphatic heterocycles. The first kappa shape index (κ1) is 14.8. The number of rotatable bonds is 5. The first-order valence-electron chi connectivity index (χ1n) is 7.18. The summed E-state index contributed by atoms with van der Waals surface area (Å²) in [6.45, 7) is 16.8. The van der Waals surface area contributed by atoms with Crippen molar-refractivity contribution in [1.82, 2.24) is 5.32 Å². The second kappa shape index (κ2) is 6.04. The van der Waals surface area contributed by atoms with E-state index < -0.39 is 0 Å². The van der Waals surface area contributed by atoms with Crippen LogP contribution in [0.5, 0.6) is 0 Å². The van der Waals surface area contributed by atoms with Crippen molar-refractivity contribution in [2.75, 3.05) is 6.54 Å².